The predicted molar refractivity (Wildman–Crippen MR) is 145 cm³/mol. The van der Waals surface area contributed by atoms with Gasteiger partial charge in [-0.15, -0.1) is 11.3 Å². The molecule has 3 aliphatic rings. The van der Waals surface area contributed by atoms with E-state index in [2.05, 4.69) is 9.97 Å². The molecule has 0 radical (unpaired) electrons. The van der Waals surface area contributed by atoms with Crippen molar-refractivity contribution in [1.82, 2.24) is 14.9 Å². The highest BCUT2D eigenvalue weighted by atomic mass is 32.1. The number of hydrogen-bond acceptors (Lipinski definition) is 12. The summed E-state index contributed by atoms with van der Waals surface area (Å²) in [7, 11) is 6.90. The third-order valence-corrected chi connectivity index (χ3v) is 8.94. The summed E-state index contributed by atoms with van der Waals surface area (Å²) in [5.41, 5.74) is 4.05. The van der Waals surface area contributed by atoms with Gasteiger partial charge in [0, 0.05) is 42.9 Å². The van der Waals surface area contributed by atoms with Gasteiger partial charge in [0.2, 0.25) is 5.78 Å². The van der Waals surface area contributed by atoms with Crippen molar-refractivity contribution in [1.29, 1.82) is 0 Å². The minimum absolute atomic E-state index is 0.0669. The number of nitrogens with two attached hydrogens (primary N) is 1. The van der Waals surface area contributed by atoms with Crippen LogP contribution in [-0.2, 0) is 16.0 Å². The average molecular weight is 566 g/mol. The van der Waals surface area contributed by atoms with Crippen molar-refractivity contribution in [3.63, 3.8) is 0 Å². The van der Waals surface area contributed by atoms with Crippen molar-refractivity contribution in [3.05, 3.63) is 51.4 Å². The van der Waals surface area contributed by atoms with Gasteiger partial charge in [0.15, 0.2) is 22.0 Å². The van der Waals surface area contributed by atoms with Gasteiger partial charge >= 0.3 is 0 Å². The number of aliphatic hydroxyl groups excluding tert-OH is 2. The Morgan fingerprint density at radius 2 is 1.95 bits per heavy atom. The number of aromatic nitrogens is 2. The number of primary amides is 1. The number of likely N-dealkylation sites (N-methyl/N-ethyl adjacent to an activating group) is 1. The zero-order chi connectivity index (χ0) is 28.8. The van der Waals surface area contributed by atoms with Crippen LogP contribution in [0.5, 0.6) is 0 Å². The molecule has 13 heteroatoms. The highest BCUT2D eigenvalue weighted by Gasteiger charge is 2.63. The van der Waals surface area contributed by atoms with Crippen LogP contribution in [0.15, 0.2) is 44.7 Å². The number of ketones is 2. The van der Waals surface area contributed by atoms with Crippen LogP contribution in [0, 0.1) is 11.8 Å². The molecule has 2 heterocycles. The van der Waals surface area contributed by atoms with Gasteiger partial charge < -0.3 is 30.4 Å². The average Bonchev–Trinajstić information content (AvgIpc) is 3.55. The second-order valence-corrected chi connectivity index (χ2v) is 11.7. The number of benzene rings is 1. The topological polar surface area (TPSA) is 183 Å². The van der Waals surface area contributed by atoms with E-state index >= 15 is 0 Å². The molecule has 12 nitrogen and oxygen atoms in total. The molecule has 0 aliphatic heterocycles. The lowest BCUT2D eigenvalue weighted by Gasteiger charge is -2.50. The SMILES string of the molecule is CN(C)c1cc2nc(-c3nccs3)oc2c2c1C[C@H]1C[C@H]3[C@H](N(C)C)C(O)=C(C(N)=O)C(=O)[C@@]3(O)C(O)=C1C2=O. The van der Waals surface area contributed by atoms with Crippen LogP contribution in [0.3, 0.4) is 0 Å². The van der Waals surface area contributed by atoms with E-state index < -0.39 is 58.0 Å². The van der Waals surface area contributed by atoms with Crippen LogP contribution in [0.2, 0.25) is 0 Å². The standard InChI is InChI=1S/C27H27N5O7S/c1-31(2)14-9-13-21(39-25(30-13)26-29-5-6-40-26)16-11(14)7-10-8-12-18(32(3)4)20(34)17(24(28)37)23(36)27(12,38)22(35)15(10)19(16)33/h5-6,9-10,12,18,34-35,38H,7-8H2,1-4H3,(H2,28,37)/t10-,12-,18-,27-/m0/s1. The quantitative estimate of drug-likeness (QED) is 0.338. The lowest BCUT2D eigenvalue weighted by Crippen LogP contribution is -2.63. The normalized spacial score (nSPS) is 26.3. The summed E-state index contributed by atoms with van der Waals surface area (Å²) in [4.78, 5) is 52.1. The van der Waals surface area contributed by atoms with Crippen molar-refractivity contribution in [3.8, 4) is 10.9 Å². The molecule has 0 saturated carbocycles. The zero-order valence-electron chi connectivity index (χ0n) is 22.1. The maximum atomic E-state index is 14.2. The van der Waals surface area contributed by atoms with Gasteiger partial charge in [-0.1, -0.05) is 0 Å². The van der Waals surface area contributed by atoms with Crippen LogP contribution >= 0.6 is 11.3 Å². The fourth-order valence-electron chi connectivity index (χ4n) is 6.51. The largest absolute Gasteiger partial charge is 0.510 e. The number of aliphatic hydroxyl groups is 3. The summed E-state index contributed by atoms with van der Waals surface area (Å²) in [5.74, 6) is -5.91. The number of Topliss-reactive ketones (excluding diaryl/α,β-unsaturated/α-hetero) is 2. The molecule has 5 N–H and O–H groups in total. The van der Waals surface area contributed by atoms with Gasteiger partial charge in [0.1, 0.15) is 22.6 Å². The third kappa shape index (κ3) is 3.34. The van der Waals surface area contributed by atoms with Gasteiger partial charge in [-0.2, -0.15) is 0 Å². The fraction of sp³-hybridized carbons (Fsp3) is 0.370. The lowest BCUT2D eigenvalue weighted by molar-refractivity contribution is -0.148. The van der Waals surface area contributed by atoms with Crippen LogP contribution in [0.4, 0.5) is 5.69 Å². The van der Waals surface area contributed by atoms with Crippen LogP contribution in [-0.4, -0.2) is 87.5 Å². The number of rotatable bonds is 4. The Balaban J connectivity index is 1.59. The Labute approximate surface area is 232 Å². The molecule has 40 heavy (non-hydrogen) atoms. The number of amides is 1. The Bertz CT molecular complexity index is 1690. The number of allylic oxidation sites excluding steroid dienone is 1. The Hall–Kier alpha value is -4.07. The van der Waals surface area contributed by atoms with Crippen LogP contribution in [0.1, 0.15) is 22.3 Å². The van der Waals surface area contributed by atoms with E-state index in [0.717, 1.165) is 5.69 Å². The first-order valence-electron chi connectivity index (χ1n) is 12.6. The summed E-state index contributed by atoms with van der Waals surface area (Å²) < 4.78 is 6.05. The number of carbonyl (C=O) groups excluding carboxylic acids is 3. The van der Waals surface area contributed by atoms with Gasteiger partial charge in [-0.3, -0.25) is 19.3 Å². The molecular formula is C27H27N5O7S. The maximum absolute atomic E-state index is 14.2. The Morgan fingerprint density at radius 1 is 1.23 bits per heavy atom. The van der Waals surface area contributed by atoms with Gasteiger partial charge in [-0.05, 0) is 44.5 Å². The highest BCUT2D eigenvalue weighted by molar-refractivity contribution is 7.12. The van der Waals surface area contributed by atoms with Crippen molar-refractivity contribution >= 4 is 45.6 Å². The summed E-state index contributed by atoms with van der Waals surface area (Å²) in [6.07, 6.45) is 1.96. The van der Waals surface area contributed by atoms with E-state index in [9.17, 15) is 29.7 Å². The van der Waals surface area contributed by atoms with Crippen molar-refractivity contribution < 1.29 is 34.1 Å². The van der Waals surface area contributed by atoms with Gasteiger partial charge in [0.05, 0.1) is 11.6 Å². The zero-order valence-corrected chi connectivity index (χ0v) is 22.9. The number of anilines is 1. The summed E-state index contributed by atoms with van der Waals surface area (Å²) in [6.45, 7) is 0. The van der Waals surface area contributed by atoms with Crippen molar-refractivity contribution in [2.45, 2.75) is 24.5 Å². The van der Waals surface area contributed by atoms with Crippen LogP contribution in [0.25, 0.3) is 22.0 Å². The van der Waals surface area contributed by atoms with E-state index in [-0.39, 0.29) is 35.5 Å². The van der Waals surface area contributed by atoms with Crippen LogP contribution < -0.4 is 10.6 Å². The molecule has 0 spiro atoms. The molecule has 0 fully saturated rings. The summed E-state index contributed by atoms with van der Waals surface area (Å²) >= 11 is 1.33. The smallest absolute Gasteiger partial charge is 0.256 e. The first-order valence-corrected chi connectivity index (χ1v) is 13.4. The lowest BCUT2D eigenvalue weighted by atomic mass is 9.58. The fourth-order valence-corrected chi connectivity index (χ4v) is 7.07. The third-order valence-electron chi connectivity index (χ3n) is 8.18. The van der Waals surface area contributed by atoms with E-state index in [1.807, 2.05) is 25.1 Å². The first-order chi connectivity index (χ1) is 18.9. The predicted octanol–water partition coefficient (Wildman–Crippen LogP) is 1.75. The first kappa shape index (κ1) is 26.2. The Morgan fingerprint density at radius 3 is 2.55 bits per heavy atom. The van der Waals surface area contributed by atoms with Gasteiger partial charge in [-0.25, -0.2) is 9.97 Å². The molecule has 208 valence electrons. The summed E-state index contributed by atoms with van der Waals surface area (Å²) in [5, 5.41) is 36.6. The highest BCUT2D eigenvalue weighted by Crippen LogP contribution is 2.53. The maximum Gasteiger partial charge on any atom is 0.256 e. The molecule has 4 atom stereocenters. The number of thiazole rings is 1. The molecular weight excluding hydrogens is 538 g/mol. The molecule has 6 rings (SSSR count). The number of carbonyl (C=O) groups is 3. The molecule has 3 aromatic rings. The van der Waals surface area contributed by atoms with Crippen molar-refractivity contribution in [2.75, 3.05) is 33.1 Å². The van der Waals surface area contributed by atoms with E-state index in [1.165, 1.54) is 11.3 Å². The molecule has 1 aromatic carbocycles. The number of hydrogen-bond donors (Lipinski definition) is 4. The van der Waals surface area contributed by atoms with Crippen molar-refractivity contribution in [2.24, 2.45) is 17.6 Å². The molecule has 0 unspecified atom stereocenters. The monoisotopic (exact) mass is 565 g/mol. The molecule has 0 bridgehead atoms. The molecule has 1 amide bonds. The molecule has 3 aliphatic carbocycles. The minimum atomic E-state index is -2.64. The number of oxazole rings is 1. The second kappa shape index (κ2) is 8.71. The number of nitrogens with zero attached hydrogens (tertiary/aromatic N) is 4. The van der Waals surface area contributed by atoms with Gasteiger partial charge in [0.25, 0.3) is 11.8 Å². The Kier molecular flexibility index (Phi) is 5.70. The molecule has 2 aromatic heterocycles. The van der Waals surface area contributed by atoms with E-state index in [1.54, 1.807) is 30.6 Å². The summed E-state index contributed by atoms with van der Waals surface area (Å²) in [6, 6.07) is 0.812. The van der Waals surface area contributed by atoms with E-state index in [0.29, 0.717) is 16.1 Å². The molecule has 0 saturated heterocycles. The number of fused-ring (bicyclic) bond motifs is 5. The van der Waals surface area contributed by atoms with E-state index in [4.69, 9.17) is 10.2 Å². The second-order valence-electron chi connectivity index (χ2n) is 10.8. The minimum Gasteiger partial charge on any atom is -0.510 e.